The average molecular weight is 405 g/mol. The van der Waals surface area contributed by atoms with Crippen molar-refractivity contribution < 1.29 is 13.2 Å². The molecule has 5 nitrogen and oxygen atoms in total. The van der Waals surface area contributed by atoms with Crippen LogP contribution in [0.25, 0.3) is 0 Å². The maximum absolute atomic E-state index is 12.8. The Morgan fingerprint density at radius 3 is 2.63 bits per heavy atom. The van der Waals surface area contributed by atoms with Crippen LogP contribution in [-0.4, -0.2) is 47.4 Å². The van der Waals surface area contributed by atoms with E-state index in [1.165, 1.54) is 0 Å². The van der Waals surface area contributed by atoms with E-state index in [4.69, 9.17) is 4.74 Å². The number of aryl methyl sites for hydroxylation is 2. The van der Waals surface area contributed by atoms with Gasteiger partial charge in [0, 0.05) is 29.3 Å². The van der Waals surface area contributed by atoms with Crippen molar-refractivity contribution in [2.75, 3.05) is 18.8 Å². The van der Waals surface area contributed by atoms with Gasteiger partial charge >= 0.3 is 0 Å². The Kier molecular flexibility index (Phi) is 5.05. The van der Waals surface area contributed by atoms with E-state index in [2.05, 4.69) is 4.98 Å². The lowest BCUT2D eigenvalue weighted by atomic mass is 9.95. The smallest absolute Gasteiger partial charge is 0.243 e. The molecule has 0 radical (unpaired) electrons. The van der Waals surface area contributed by atoms with Crippen LogP contribution < -0.4 is 0 Å². The molecule has 1 atom stereocenters. The molecule has 4 rings (SSSR count). The lowest BCUT2D eigenvalue weighted by Crippen LogP contribution is -2.60. The number of aromatic nitrogens is 1. The first kappa shape index (κ1) is 18.9. The van der Waals surface area contributed by atoms with Crippen LogP contribution >= 0.6 is 11.8 Å². The molecule has 0 bridgehead atoms. The molecule has 0 N–H and O–H groups in total. The summed E-state index contributed by atoms with van der Waals surface area (Å²) in [6, 6.07) is 13.0. The molecule has 2 fully saturated rings. The largest absolute Gasteiger partial charge is 0.371 e. The second-order valence-electron chi connectivity index (χ2n) is 7.49. The highest BCUT2D eigenvalue weighted by atomic mass is 32.2. The number of hydrogen-bond donors (Lipinski definition) is 0. The zero-order valence-corrected chi connectivity index (χ0v) is 17.2. The number of nitrogens with zero attached hydrogens (tertiary/aromatic N) is 2. The third-order valence-corrected chi connectivity index (χ3v) is 8.56. The molecule has 144 valence electrons. The van der Waals surface area contributed by atoms with Crippen LogP contribution in [0.4, 0.5) is 0 Å². The quantitative estimate of drug-likeness (QED) is 0.766. The molecule has 0 aliphatic carbocycles. The normalized spacial score (nSPS) is 22.1. The summed E-state index contributed by atoms with van der Waals surface area (Å²) in [5.41, 5.74) is 2.99. The highest BCUT2D eigenvalue weighted by Crippen LogP contribution is 2.47. The van der Waals surface area contributed by atoms with Crippen LogP contribution in [-0.2, 0) is 21.4 Å². The lowest BCUT2D eigenvalue weighted by molar-refractivity contribution is 0.0380. The first-order chi connectivity index (χ1) is 12.9. The number of benzene rings is 1. The Hall–Kier alpha value is -1.41. The summed E-state index contributed by atoms with van der Waals surface area (Å²) in [5.74, 6) is 0.907. The van der Waals surface area contributed by atoms with Gasteiger partial charge in [-0.15, -0.1) is 11.8 Å². The molecule has 1 spiro atoms. The van der Waals surface area contributed by atoms with Gasteiger partial charge in [0.25, 0.3) is 0 Å². The maximum atomic E-state index is 12.8. The zero-order valence-electron chi connectivity index (χ0n) is 15.6. The van der Waals surface area contributed by atoms with Gasteiger partial charge in [0.15, 0.2) is 0 Å². The van der Waals surface area contributed by atoms with Crippen molar-refractivity contribution in [1.29, 1.82) is 0 Å². The van der Waals surface area contributed by atoms with Crippen LogP contribution in [0.2, 0.25) is 0 Å². The fourth-order valence-electron chi connectivity index (χ4n) is 3.64. The Balaban J connectivity index is 1.33. The van der Waals surface area contributed by atoms with Gasteiger partial charge in [0.2, 0.25) is 10.0 Å². The number of pyridine rings is 1. The van der Waals surface area contributed by atoms with Crippen molar-refractivity contribution in [3.63, 3.8) is 0 Å². The Labute approximate surface area is 165 Å². The molecule has 27 heavy (non-hydrogen) atoms. The van der Waals surface area contributed by atoms with E-state index >= 15 is 0 Å². The van der Waals surface area contributed by atoms with Gasteiger partial charge < -0.3 is 4.74 Å². The minimum Gasteiger partial charge on any atom is -0.371 e. The fourth-order valence-corrected chi connectivity index (χ4v) is 6.97. The first-order valence-electron chi connectivity index (χ1n) is 9.11. The fraction of sp³-hybridized carbons (Fsp3) is 0.450. The van der Waals surface area contributed by atoms with E-state index in [0.717, 1.165) is 29.1 Å². The average Bonchev–Trinajstić information content (AvgIpc) is 3.04. The molecule has 2 aliphatic rings. The van der Waals surface area contributed by atoms with E-state index in [0.29, 0.717) is 24.6 Å². The number of thioether (sulfide) groups is 1. The molecule has 1 aromatic heterocycles. The minimum atomic E-state index is -3.39. The van der Waals surface area contributed by atoms with Crippen LogP contribution in [0, 0.1) is 13.8 Å². The van der Waals surface area contributed by atoms with Gasteiger partial charge in [-0.1, -0.05) is 23.8 Å². The van der Waals surface area contributed by atoms with Crippen molar-refractivity contribution in [2.24, 2.45) is 0 Å². The summed E-state index contributed by atoms with van der Waals surface area (Å²) in [7, 11) is -3.39. The molecule has 2 aliphatic heterocycles. The van der Waals surface area contributed by atoms with Crippen LogP contribution in [0.3, 0.4) is 0 Å². The predicted molar refractivity (Wildman–Crippen MR) is 107 cm³/mol. The van der Waals surface area contributed by atoms with Gasteiger partial charge in [0.05, 0.1) is 23.3 Å². The van der Waals surface area contributed by atoms with Crippen molar-refractivity contribution in [3.05, 3.63) is 59.4 Å². The van der Waals surface area contributed by atoms with Gasteiger partial charge in [-0.2, -0.15) is 4.31 Å². The summed E-state index contributed by atoms with van der Waals surface area (Å²) < 4.78 is 33.2. The molecule has 7 heteroatoms. The first-order valence-corrected chi connectivity index (χ1v) is 11.5. The Bertz CT molecular complexity index is 922. The highest BCUT2D eigenvalue weighted by Gasteiger charge is 2.53. The SMILES string of the molecule is Cc1ccc(S(=O)(=O)N2CC3(CC(OCc4cccc(C)n4)CS3)C2)cc1. The van der Waals surface area contributed by atoms with Crippen molar-refractivity contribution >= 4 is 21.8 Å². The monoisotopic (exact) mass is 404 g/mol. The van der Waals surface area contributed by atoms with Gasteiger partial charge in [0.1, 0.15) is 0 Å². The molecule has 2 aromatic rings. The summed E-state index contributed by atoms with van der Waals surface area (Å²) in [4.78, 5) is 4.85. The summed E-state index contributed by atoms with van der Waals surface area (Å²) in [6.07, 6.45) is 1.05. The molecule has 0 amide bonds. The lowest BCUT2D eigenvalue weighted by Gasteiger charge is -2.46. The molecular weight excluding hydrogens is 380 g/mol. The third-order valence-electron chi connectivity index (χ3n) is 5.18. The minimum absolute atomic E-state index is 0.00245. The number of sulfonamides is 1. The maximum Gasteiger partial charge on any atom is 0.243 e. The summed E-state index contributed by atoms with van der Waals surface area (Å²) in [6.45, 7) is 5.57. The second kappa shape index (κ2) is 7.20. The van der Waals surface area contributed by atoms with E-state index < -0.39 is 10.0 Å². The Morgan fingerprint density at radius 2 is 1.93 bits per heavy atom. The molecule has 2 saturated heterocycles. The molecule has 3 heterocycles. The van der Waals surface area contributed by atoms with E-state index in [1.54, 1.807) is 16.4 Å². The summed E-state index contributed by atoms with van der Waals surface area (Å²) >= 11 is 1.84. The van der Waals surface area contributed by atoms with Gasteiger partial charge in [-0.3, -0.25) is 4.98 Å². The van der Waals surface area contributed by atoms with E-state index in [-0.39, 0.29) is 10.9 Å². The van der Waals surface area contributed by atoms with Crippen molar-refractivity contribution in [1.82, 2.24) is 9.29 Å². The van der Waals surface area contributed by atoms with E-state index in [1.807, 2.05) is 55.9 Å². The van der Waals surface area contributed by atoms with Crippen LogP contribution in [0.1, 0.15) is 23.4 Å². The number of hydrogen-bond acceptors (Lipinski definition) is 5. The summed E-state index contributed by atoms with van der Waals surface area (Å²) in [5, 5.41) is 0. The third kappa shape index (κ3) is 3.92. The number of rotatable bonds is 5. The van der Waals surface area contributed by atoms with Crippen molar-refractivity contribution in [2.45, 2.75) is 42.6 Å². The number of ether oxygens (including phenoxy) is 1. The second-order valence-corrected chi connectivity index (χ2v) is 10.9. The van der Waals surface area contributed by atoms with Crippen molar-refractivity contribution in [3.8, 4) is 0 Å². The zero-order chi connectivity index (χ0) is 19.1. The van der Waals surface area contributed by atoms with Crippen LogP contribution in [0.15, 0.2) is 47.4 Å². The highest BCUT2D eigenvalue weighted by molar-refractivity contribution is 8.01. The topological polar surface area (TPSA) is 59.5 Å². The molecule has 1 aromatic carbocycles. The van der Waals surface area contributed by atoms with Gasteiger partial charge in [-0.25, -0.2) is 8.42 Å². The molecular formula is C20H24N2O3S2. The van der Waals surface area contributed by atoms with Gasteiger partial charge in [-0.05, 0) is 44.5 Å². The van der Waals surface area contributed by atoms with E-state index in [9.17, 15) is 8.42 Å². The molecule has 1 unspecified atom stereocenters. The molecule has 0 saturated carbocycles. The Morgan fingerprint density at radius 1 is 1.19 bits per heavy atom. The predicted octanol–water partition coefficient (Wildman–Crippen LogP) is 3.16. The van der Waals surface area contributed by atoms with Crippen LogP contribution in [0.5, 0.6) is 0 Å². The standard InChI is InChI=1S/C20H24N2O3S2/c1-15-6-8-19(9-7-15)27(23,24)22-13-20(14-22)10-18(12-26-20)25-11-17-5-3-4-16(2)21-17/h3-9,18H,10-14H2,1-2H3.